The molecular weight excluding hydrogens is 346 g/mol. The predicted octanol–water partition coefficient (Wildman–Crippen LogP) is 4.34. The van der Waals surface area contributed by atoms with Gasteiger partial charge in [-0.2, -0.15) is 0 Å². The minimum Gasteiger partial charge on any atom is -0.360 e. The summed E-state index contributed by atoms with van der Waals surface area (Å²) in [4.78, 5) is 18.9. The van der Waals surface area contributed by atoms with Crippen LogP contribution in [0.4, 0.5) is 5.13 Å². The second-order valence-electron chi connectivity index (χ2n) is 6.25. The van der Waals surface area contributed by atoms with E-state index in [9.17, 15) is 4.79 Å². The van der Waals surface area contributed by atoms with Gasteiger partial charge in [0.25, 0.3) is 5.91 Å². The first-order chi connectivity index (χ1) is 11.5. The standard InChI is InChI=1S/C17H16ClN3O2S/c1-9-3-6-13-11(7-9)15(20-23-13)16(22)21(2)17-19-12-5-4-10(18)8-14(12)24-17/h4-5,8-9H,3,6-7H2,1-2H3. The quantitative estimate of drug-likeness (QED) is 0.681. The number of carbonyl (C=O) groups excluding carboxylic acids is 1. The lowest BCUT2D eigenvalue weighted by Gasteiger charge is -2.18. The maximum Gasteiger partial charge on any atom is 0.282 e. The second kappa shape index (κ2) is 5.86. The molecule has 0 fully saturated rings. The zero-order valence-electron chi connectivity index (χ0n) is 13.4. The molecule has 0 saturated carbocycles. The van der Waals surface area contributed by atoms with E-state index in [1.165, 1.54) is 16.2 Å². The predicted molar refractivity (Wildman–Crippen MR) is 95.1 cm³/mol. The topological polar surface area (TPSA) is 59.2 Å². The van der Waals surface area contributed by atoms with Crippen molar-refractivity contribution in [3.63, 3.8) is 0 Å². The molecule has 2 heterocycles. The van der Waals surface area contributed by atoms with Crippen molar-refractivity contribution >= 4 is 44.2 Å². The number of benzene rings is 1. The Balaban J connectivity index is 1.67. The number of aryl methyl sites for hydroxylation is 1. The zero-order valence-corrected chi connectivity index (χ0v) is 14.9. The van der Waals surface area contributed by atoms with E-state index < -0.39 is 0 Å². The molecule has 1 atom stereocenters. The van der Waals surface area contributed by atoms with E-state index in [0.29, 0.717) is 21.8 Å². The summed E-state index contributed by atoms with van der Waals surface area (Å²) in [5, 5.41) is 5.32. The van der Waals surface area contributed by atoms with Crippen LogP contribution in [-0.4, -0.2) is 23.1 Å². The number of hydrogen-bond acceptors (Lipinski definition) is 5. The van der Waals surface area contributed by atoms with Crippen LogP contribution in [0.15, 0.2) is 22.7 Å². The van der Waals surface area contributed by atoms with Crippen LogP contribution < -0.4 is 4.90 Å². The third-order valence-corrected chi connectivity index (χ3v) is 5.75. The van der Waals surface area contributed by atoms with Gasteiger partial charge < -0.3 is 4.52 Å². The van der Waals surface area contributed by atoms with Gasteiger partial charge in [-0.25, -0.2) is 4.98 Å². The molecule has 0 bridgehead atoms. The lowest BCUT2D eigenvalue weighted by molar-refractivity contribution is 0.0983. The normalized spacial score (nSPS) is 17.0. The molecule has 1 aliphatic rings. The van der Waals surface area contributed by atoms with Crippen LogP contribution in [-0.2, 0) is 12.8 Å². The van der Waals surface area contributed by atoms with Crippen molar-refractivity contribution in [3.8, 4) is 0 Å². The van der Waals surface area contributed by atoms with Gasteiger partial charge in [0.1, 0.15) is 5.76 Å². The number of aromatic nitrogens is 2. The Morgan fingerprint density at radius 3 is 3.12 bits per heavy atom. The number of thiazole rings is 1. The third-order valence-electron chi connectivity index (χ3n) is 4.42. The van der Waals surface area contributed by atoms with E-state index >= 15 is 0 Å². The third kappa shape index (κ3) is 2.59. The van der Waals surface area contributed by atoms with E-state index in [2.05, 4.69) is 17.1 Å². The molecule has 7 heteroatoms. The average molecular weight is 362 g/mol. The number of fused-ring (bicyclic) bond motifs is 2. The van der Waals surface area contributed by atoms with Crippen molar-refractivity contribution < 1.29 is 9.32 Å². The first kappa shape index (κ1) is 15.6. The minimum absolute atomic E-state index is 0.181. The monoisotopic (exact) mass is 361 g/mol. The molecule has 5 nitrogen and oxygen atoms in total. The number of halogens is 1. The molecule has 0 N–H and O–H groups in total. The Morgan fingerprint density at radius 2 is 2.29 bits per heavy atom. The van der Waals surface area contributed by atoms with Crippen molar-refractivity contribution in [2.45, 2.75) is 26.2 Å². The molecule has 2 aromatic heterocycles. The van der Waals surface area contributed by atoms with Gasteiger partial charge in [-0.05, 0) is 37.0 Å². The summed E-state index contributed by atoms with van der Waals surface area (Å²) in [6.07, 6.45) is 2.76. The molecule has 0 aliphatic heterocycles. The Morgan fingerprint density at radius 1 is 1.46 bits per heavy atom. The smallest absolute Gasteiger partial charge is 0.282 e. The maximum absolute atomic E-state index is 12.9. The van der Waals surface area contributed by atoms with E-state index in [1.807, 2.05) is 12.1 Å². The van der Waals surface area contributed by atoms with Crippen LogP contribution >= 0.6 is 22.9 Å². The number of hydrogen-bond donors (Lipinski definition) is 0. The van der Waals surface area contributed by atoms with Crippen molar-refractivity contribution in [1.82, 2.24) is 10.1 Å². The maximum atomic E-state index is 12.9. The summed E-state index contributed by atoms with van der Waals surface area (Å²) in [5.41, 5.74) is 2.20. The first-order valence-corrected chi connectivity index (χ1v) is 9.04. The molecule has 1 aromatic carbocycles. The van der Waals surface area contributed by atoms with Crippen molar-refractivity contribution in [1.29, 1.82) is 0 Å². The Hall–Kier alpha value is -1.92. The highest BCUT2D eigenvalue weighted by atomic mass is 35.5. The number of rotatable bonds is 2. The second-order valence-corrected chi connectivity index (χ2v) is 7.70. The van der Waals surface area contributed by atoms with E-state index in [-0.39, 0.29) is 5.91 Å². The van der Waals surface area contributed by atoms with Crippen LogP contribution in [0, 0.1) is 5.92 Å². The molecule has 1 aliphatic carbocycles. The Kier molecular flexibility index (Phi) is 3.81. The largest absolute Gasteiger partial charge is 0.360 e. The highest BCUT2D eigenvalue weighted by Gasteiger charge is 2.29. The summed E-state index contributed by atoms with van der Waals surface area (Å²) in [6.45, 7) is 2.19. The summed E-state index contributed by atoms with van der Waals surface area (Å²) in [7, 11) is 1.72. The van der Waals surface area contributed by atoms with Gasteiger partial charge in [-0.3, -0.25) is 9.69 Å². The molecule has 24 heavy (non-hydrogen) atoms. The summed E-state index contributed by atoms with van der Waals surface area (Å²) < 4.78 is 6.34. The zero-order chi connectivity index (χ0) is 16.8. The molecule has 1 amide bonds. The first-order valence-electron chi connectivity index (χ1n) is 7.84. The van der Waals surface area contributed by atoms with Gasteiger partial charge >= 0.3 is 0 Å². The minimum atomic E-state index is -0.181. The van der Waals surface area contributed by atoms with Crippen LogP contribution in [0.2, 0.25) is 5.02 Å². The highest BCUT2D eigenvalue weighted by molar-refractivity contribution is 7.22. The Labute approximate surface area is 148 Å². The van der Waals surface area contributed by atoms with Gasteiger partial charge in [0, 0.05) is 24.1 Å². The van der Waals surface area contributed by atoms with Crippen LogP contribution in [0.25, 0.3) is 10.2 Å². The van der Waals surface area contributed by atoms with Crippen LogP contribution in [0.5, 0.6) is 0 Å². The molecule has 0 saturated heterocycles. The molecule has 4 rings (SSSR count). The number of anilines is 1. The number of amides is 1. The lowest BCUT2D eigenvalue weighted by Crippen LogP contribution is -2.28. The summed E-state index contributed by atoms with van der Waals surface area (Å²) in [5.74, 6) is 1.21. The van der Waals surface area contributed by atoms with Crippen LogP contribution in [0.3, 0.4) is 0 Å². The molecule has 3 aromatic rings. The van der Waals surface area contributed by atoms with Crippen LogP contribution in [0.1, 0.15) is 35.2 Å². The van der Waals surface area contributed by atoms with Gasteiger partial charge in [0.15, 0.2) is 10.8 Å². The van der Waals surface area contributed by atoms with Gasteiger partial charge in [0.05, 0.1) is 10.2 Å². The van der Waals surface area contributed by atoms with Crippen molar-refractivity contribution in [3.05, 3.63) is 40.2 Å². The fourth-order valence-electron chi connectivity index (χ4n) is 3.02. The summed E-state index contributed by atoms with van der Waals surface area (Å²) >= 11 is 7.45. The molecule has 0 spiro atoms. The van der Waals surface area contributed by atoms with Crippen molar-refractivity contribution in [2.75, 3.05) is 11.9 Å². The molecule has 124 valence electrons. The van der Waals surface area contributed by atoms with Gasteiger partial charge in [-0.1, -0.05) is 35.0 Å². The fourth-order valence-corrected chi connectivity index (χ4v) is 4.22. The highest BCUT2D eigenvalue weighted by Crippen LogP contribution is 2.32. The van der Waals surface area contributed by atoms with Gasteiger partial charge in [-0.15, -0.1) is 0 Å². The molecule has 1 unspecified atom stereocenters. The van der Waals surface area contributed by atoms with Gasteiger partial charge in [0.2, 0.25) is 0 Å². The average Bonchev–Trinajstić information content (AvgIpc) is 3.16. The van der Waals surface area contributed by atoms with E-state index in [4.69, 9.17) is 16.1 Å². The summed E-state index contributed by atoms with van der Waals surface area (Å²) in [6, 6.07) is 5.51. The Bertz CT molecular complexity index is 933. The number of carbonyl (C=O) groups is 1. The van der Waals surface area contributed by atoms with E-state index in [0.717, 1.165) is 40.8 Å². The molecular formula is C17H16ClN3O2S. The fraction of sp³-hybridized carbons (Fsp3) is 0.353. The lowest BCUT2D eigenvalue weighted by atomic mass is 9.88. The van der Waals surface area contributed by atoms with Crippen molar-refractivity contribution in [2.24, 2.45) is 5.92 Å². The SMILES string of the molecule is CC1CCc2onc(C(=O)N(C)c3nc4ccc(Cl)cc4s3)c2C1. The number of nitrogens with zero attached hydrogens (tertiary/aromatic N) is 3. The molecule has 0 radical (unpaired) electrons. The van der Waals surface area contributed by atoms with E-state index in [1.54, 1.807) is 13.1 Å².